The van der Waals surface area contributed by atoms with Gasteiger partial charge < -0.3 is 19.5 Å². The second-order valence-corrected chi connectivity index (χ2v) is 8.22. The van der Waals surface area contributed by atoms with E-state index in [2.05, 4.69) is 17.4 Å². The third kappa shape index (κ3) is 3.34. The fourth-order valence-electron chi connectivity index (χ4n) is 3.93. The van der Waals surface area contributed by atoms with Crippen LogP contribution in [0.4, 0.5) is 11.5 Å². The molecule has 152 valence electrons. The van der Waals surface area contributed by atoms with Crippen molar-refractivity contribution < 1.29 is 9.26 Å². The molecule has 1 fully saturated rings. The summed E-state index contributed by atoms with van der Waals surface area (Å²) in [6.07, 6.45) is 2.28. The van der Waals surface area contributed by atoms with E-state index in [0.717, 1.165) is 30.8 Å². The molecule has 0 radical (unpaired) electrons. The maximum absolute atomic E-state index is 13.1. The highest BCUT2D eigenvalue weighted by Crippen LogP contribution is 2.33. The molecule has 2 aromatic heterocycles. The number of aromatic nitrogens is 3. The maximum atomic E-state index is 13.1. The van der Waals surface area contributed by atoms with Crippen molar-refractivity contribution in [3.05, 3.63) is 38.4 Å². The second-order valence-electron chi connectivity index (χ2n) is 8.22. The van der Waals surface area contributed by atoms with Gasteiger partial charge in [-0.05, 0) is 19.8 Å². The quantitative estimate of drug-likeness (QED) is 0.709. The van der Waals surface area contributed by atoms with Crippen LogP contribution in [0.15, 0.2) is 20.2 Å². The van der Waals surface area contributed by atoms with Crippen molar-refractivity contribution in [3.63, 3.8) is 0 Å². The topological polar surface area (TPSA) is 94.5 Å². The van der Waals surface area contributed by atoms with Crippen LogP contribution >= 0.6 is 0 Å². The van der Waals surface area contributed by atoms with E-state index in [4.69, 9.17) is 9.26 Å². The summed E-state index contributed by atoms with van der Waals surface area (Å²) in [5, 5.41) is 7.08. The maximum Gasteiger partial charge on any atom is 0.332 e. The first-order chi connectivity index (χ1) is 13.4. The smallest absolute Gasteiger partial charge is 0.332 e. The number of nitrogens with one attached hydrogen (secondary N) is 1. The summed E-state index contributed by atoms with van der Waals surface area (Å²) in [5.41, 5.74) is 0.983. The zero-order valence-electron chi connectivity index (χ0n) is 16.7. The molecule has 0 bridgehead atoms. The molecule has 0 amide bonds. The Labute approximate surface area is 162 Å². The molecule has 4 heterocycles. The van der Waals surface area contributed by atoms with Crippen molar-refractivity contribution in [2.75, 3.05) is 36.6 Å². The molecule has 28 heavy (non-hydrogen) atoms. The van der Waals surface area contributed by atoms with E-state index in [1.165, 1.54) is 9.13 Å². The van der Waals surface area contributed by atoms with Crippen LogP contribution in [0.25, 0.3) is 0 Å². The minimum absolute atomic E-state index is 0.0461. The van der Waals surface area contributed by atoms with Crippen molar-refractivity contribution in [3.8, 4) is 0 Å². The molecular weight excluding hydrogens is 362 g/mol. The largest absolute Gasteiger partial charge is 0.380 e. The van der Waals surface area contributed by atoms with Crippen LogP contribution in [0.3, 0.4) is 0 Å². The van der Waals surface area contributed by atoms with Gasteiger partial charge in [0.05, 0.1) is 25.6 Å². The number of hydrogen-bond donors (Lipinski definition) is 1. The van der Waals surface area contributed by atoms with E-state index in [1.807, 2.05) is 17.9 Å². The van der Waals surface area contributed by atoms with E-state index < -0.39 is 0 Å². The molecule has 0 unspecified atom stereocenters. The minimum Gasteiger partial charge on any atom is -0.380 e. The van der Waals surface area contributed by atoms with E-state index in [0.29, 0.717) is 44.4 Å². The van der Waals surface area contributed by atoms with Crippen LogP contribution in [0.2, 0.25) is 0 Å². The lowest BCUT2D eigenvalue weighted by Crippen LogP contribution is -2.50. The predicted molar refractivity (Wildman–Crippen MR) is 105 cm³/mol. The molecule has 0 aliphatic carbocycles. The van der Waals surface area contributed by atoms with Gasteiger partial charge in [-0.2, -0.15) is 0 Å². The summed E-state index contributed by atoms with van der Waals surface area (Å²) in [6, 6.07) is 1.91. The molecule has 9 nitrogen and oxygen atoms in total. The van der Waals surface area contributed by atoms with Gasteiger partial charge in [0.25, 0.3) is 5.56 Å². The van der Waals surface area contributed by atoms with Crippen LogP contribution in [-0.2, 0) is 24.8 Å². The molecular formula is C19H27N5O4. The number of anilines is 2. The average molecular weight is 389 g/mol. The van der Waals surface area contributed by atoms with Crippen molar-refractivity contribution in [2.24, 2.45) is 12.5 Å². The van der Waals surface area contributed by atoms with E-state index in [1.54, 1.807) is 7.05 Å². The monoisotopic (exact) mass is 389 g/mol. The first-order valence-electron chi connectivity index (χ1n) is 9.70. The Morgan fingerprint density at radius 1 is 1.29 bits per heavy atom. The summed E-state index contributed by atoms with van der Waals surface area (Å²) in [5.74, 6) is 1.44. The standard InChI is InChI=1S/C19H27N5O4/c1-13-8-14(28-21-13)6-4-5-7-24-17(25)15-16(22(3)18(24)26)20-12-23(15)9-19(2)10-27-11-19/h8,20H,4-7,9-12H2,1-3H3. The van der Waals surface area contributed by atoms with Gasteiger partial charge in [-0.3, -0.25) is 13.9 Å². The van der Waals surface area contributed by atoms with Gasteiger partial charge in [-0.25, -0.2) is 4.79 Å². The minimum atomic E-state index is -0.285. The van der Waals surface area contributed by atoms with Gasteiger partial charge in [0.15, 0.2) is 0 Å². The molecule has 2 aliphatic heterocycles. The number of unbranched alkanes of at least 4 members (excludes halogenated alkanes) is 1. The molecule has 9 heteroatoms. The molecule has 0 spiro atoms. The van der Waals surface area contributed by atoms with Crippen LogP contribution in [0, 0.1) is 12.3 Å². The summed E-state index contributed by atoms with van der Waals surface area (Å²) >= 11 is 0. The Morgan fingerprint density at radius 2 is 2.07 bits per heavy atom. The lowest BCUT2D eigenvalue weighted by atomic mass is 9.88. The Balaban J connectivity index is 1.50. The molecule has 2 aromatic rings. The molecule has 2 aliphatic rings. The van der Waals surface area contributed by atoms with E-state index in [9.17, 15) is 9.59 Å². The number of hydrogen-bond acceptors (Lipinski definition) is 7. The van der Waals surface area contributed by atoms with Gasteiger partial charge in [0.1, 0.15) is 17.3 Å². The van der Waals surface area contributed by atoms with E-state index in [-0.39, 0.29) is 16.7 Å². The van der Waals surface area contributed by atoms with Gasteiger partial charge in [-0.15, -0.1) is 0 Å². The Hall–Kier alpha value is -2.55. The van der Waals surface area contributed by atoms with Crippen LogP contribution < -0.4 is 21.5 Å². The van der Waals surface area contributed by atoms with E-state index >= 15 is 0 Å². The fraction of sp³-hybridized carbons (Fsp3) is 0.632. The van der Waals surface area contributed by atoms with Gasteiger partial charge in [0, 0.05) is 38.0 Å². The number of ether oxygens (including phenoxy) is 1. The first-order valence-corrected chi connectivity index (χ1v) is 9.70. The lowest BCUT2D eigenvalue weighted by Gasteiger charge is -2.41. The Kier molecular flexibility index (Phi) is 4.78. The molecule has 0 atom stereocenters. The highest BCUT2D eigenvalue weighted by atomic mass is 16.5. The summed E-state index contributed by atoms with van der Waals surface area (Å²) in [6.45, 7) is 7.07. The second kappa shape index (κ2) is 7.12. The van der Waals surface area contributed by atoms with Gasteiger partial charge in [0.2, 0.25) is 0 Å². The van der Waals surface area contributed by atoms with Crippen LogP contribution in [-0.4, -0.2) is 40.7 Å². The van der Waals surface area contributed by atoms with Gasteiger partial charge >= 0.3 is 5.69 Å². The predicted octanol–water partition coefficient (Wildman–Crippen LogP) is 1.09. The number of rotatable bonds is 7. The Morgan fingerprint density at radius 3 is 2.71 bits per heavy atom. The summed E-state index contributed by atoms with van der Waals surface area (Å²) in [7, 11) is 1.71. The average Bonchev–Trinajstić information content (AvgIpc) is 3.24. The number of nitrogens with zero attached hydrogens (tertiary/aromatic N) is 4. The molecule has 0 aromatic carbocycles. The number of aryl methyl sites for hydroxylation is 2. The lowest BCUT2D eigenvalue weighted by molar-refractivity contribution is -0.0954. The normalized spacial score (nSPS) is 17.3. The third-order valence-electron chi connectivity index (χ3n) is 5.48. The highest BCUT2D eigenvalue weighted by Gasteiger charge is 2.38. The molecule has 4 rings (SSSR count). The summed E-state index contributed by atoms with van der Waals surface area (Å²) < 4.78 is 13.4. The molecule has 1 saturated heterocycles. The van der Waals surface area contributed by atoms with Crippen LogP contribution in [0.5, 0.6) is 0 Å². The van der Waals surface area contributed by atoms with Crippen molar-refractivity contribution in [1.29, 1.82) is 0 Å². The third-order valence-corrected chi connectivity index (χ3v) is 5.48. The number of fused-ring (bicyclic) bond motifs is 1. The van der Waals surface area contributed by atoms with Crippen molar-refractivity contribution >= 4 is 11.5 Å². The molecule has 1 N–H and O–H groups in total. The van der Waals surface area contributed by atoms with Crippen molar-refractivity contribution in [1.82, 2.24) is 14.3 Å². The fourth-order valence-corrected chi connectivity index (χ4v) is 3.93. The SMILES string of the molecule is Cc1cc(CCCCn2c(=O)c3c(n(C)c2=O)NCN3CC2(C)COC2)on1. The zero-order chi connectivity index (χ0) is 19.9. The zero-order valence-corrected chi connectivity index (χ0v) is 16.7. The van der Waals surface area contributed by atoms with Gasteiger partial charge in [-0.1, -0.05) is 12.1 Å². The summed E-state index contributed by atoms with van der Waals surface area (Å²) in [4.78, 5) is 27.8. The first kappa shape index (κ1) is 18.8. The highest BCUT2D eigenvalue weighted by molar-refractivity contribution is 5.70. The van der Waals surface area contributed by atoms with Crippen LogP contribution in [0.1, 0.15) is 31.2 Å². The van der Waals surface area contributed by atoms with Crippen molar-refractivity contribution in [2.45, 2.75) is 39.7 Å². The molecule has 0 saturated carbocycles. The Bertz CT molecular complexity index is 985.